The summed E-state index contributed by atoms with van der Waals surface area (Å²) in [6.45, 7) is 0. The molecule has 2 heterocycles. The summed E-state index contributed by atoms with van der Waals surface area (Å²) >= 11 is 0. The normalized spacial score (nSPS) is 13.4. The Morgan fingerprint density at radius 3 is 3.00 bits per heavy atom. The molecule has 2 aromatic rings. The van der Waals surface area contributed by atoms with Crippen LogP contribution in [0.1, 0.15) is 28.0 Å². The first-order valence-electron chi connectivity index (χ1n) is 6.01. The molecule has 0 saturated carbocycles. The Bertz CT molecular complexity index is 603. The summed E-state index contributed by atoms with van der Waals surface area (Å²) in [6, 6.07) is 1.78. The number of anilines is 1. The van der Waals surface area contributed by atoms with Crippen LogP contribution >= 0.6 is 0 Å². The highest BCUT2D eigenvalue weighted by Crippen LogP contribution is 2.23. The third-order valence-corrected chi connectivity index (χ3v) is 3.28. The number of imidazole rings is 1. The zero-order valence-corrected chi connectivity index (χ0v) is 10.2. The lowest BCUT2D eigenvalue weighted by Crippen LogP contribution is -2.17. The highest BCUT2D eigenvalue weighted by Gasteiger charge is 2.20. The van der Waals surface area contributed by atoms with Crippen LogP contribution in [0.3, 0.4) is 0 Å². The number of aromatic nitrogens is 3. The summed E-state index contributed by atoms with van der Waals surface area (Å²) in [5.41, 5.74) is 2.87. The summed E-state index contributed by atoms with van der Waals surface area (Å²) in [6.07, 6.45) is 8.15. The Morgan fingerprint density at radius 1 is 1.33 bits per heavy atom. The molecule has 0 spiro atoms. The molecule has 0 saturated heterocycles. The quantitative estimate of drug-likeness (QED) is 0.869. The summed E-state index contributed by atoms with van der Waals surface area (Å²) in [4.78, 5) is 20.6. The van der Waals surface area contributed by atoms with Crippen molar-refractivity contribution in [2.45, 2.75) is 19.3 Å². The average molecular weight is 242 g/mol. The topological polar surface area (TPSA) is 59.8 Å². The highest BCUT2D eigenvalue weighted by atomic mass is 16.1. The molecule has 3 rings (SSSR count). The molecule has 92 valence electrons. The molecule has 0 fully saturated rings. The standard InChI is InChI=1S/C13H14N4O/c1-17-8-7-15-13(17)16-12(18)10-5-6-14-11-4-2-3-9(10)11/h5-8H,2-4H2,1H3,(H,15,16,18). The van der Waals surface area contributed by atoms with Crippen molar-refractivity contribution in [1.29, 1.82) is 0 Å². The molecule has 0 atom stereocenters. The van der Waals surface area contributed by atoms with E-state index in [2.05, 4.69) is 15.3 Å². The van der Waals surface area contributed by atoms with Crippen molar-refractivity contribution in [3.05, 3.63) is 41.5 Å². The van der Waals surface area contributed by atoms with Gasteiger partial charge in [-0.2, -0.15) is 0 Å². The Morgan fingerprint density at radius 2 is 2.22 bits per heavy atom. The van der Waals surface area contributed by atoms with Crippen molar-refractivity contribution >= 4 is 11.9 Å². The number of nitrogens with one attached hydrogen (secondary N) is 1. The van der Waals surface area contributed by atoms with Crippen LogP contribution in [0.5, 0.6) is 0 Å². The van der Waals surface area contributed by atoms with E-state index in [9.17, 15) is 4.79 Å². The zero-order valence-electron chi connectivity index (χ0n) is 10.2. The van der Waals surface area contributed by atoms with Crippen LogP contribution in [0.4, 0.5) is 5.95 Å². The maximum absolute atomic E-state index is 12.2. The van der Waals surface area contributed by atoms with Crippen LogP contribution in [0.15, 0.2) is 24.7 Å². The summed E-state index contributed by atoms with van der Waals surface area (Å²) in [7, 11) is 1.85. The van der Waals surface area contributed by atoms with Crippen LogP contribution in [-0.4, -0.2) is 20.4 Å². The number of fused-ring (bicyclic) bond motifs is 1. The van der Waals surface area contributed by atoms with Crippen LogP contribution in [-0.2, 0) is 19.9 Å². The molecular formula is C13H14N4O. The van der Waals surface area contributed by atoms with Gasteiger partial charge >= 0.3 is 0 Å². The van der Waals surface area contributed by atoms with E-state index in [0.29, 0.717) is 5.95 Å². The van der Waals surface area contributed by atoms with Crippen LogP contribution < -0.4 is 5.32 Å². The summed E-state index contributed by atoms with van der Waals surface area (Å²) < 4.78 is 1.78. The van der Waals surface area contributed by atoms with E-state index in [4.69, 9.17) is 0 Å². The van der Waals surface area contributed by atoms with E-state index >= 15 is 0 Å². The Hall–Kier alpha value is -2.17. The van der Waals surface area contributed by atoms with Crippen LogP contribution in [0.25, 0.3) is 0 Å². The van der Waals surface area contributed by atoms with Crippen molar-refractivity contribution in [1.82, 2.24) is 14.5 Å². The second kappa shape index (κ2) is 4.25. The van der Waals surface area contributed by atoms with Gasteiger partial charge in [-0.25, -0.2) is 4.98 Å². The number of pyridine rings is 1. The van der Waals surface area contributed by atoms with Crippen molar-refractivity contribution < 1.29 is 4.79 Å². The zero-order chi connectivity index (χ0) is 12.5. The van der Waals surface area contributed by atoms with Crippen LogP contribution in [0.2, 0.25) is 0 Å². The molecule has 0 aliphatic heterocycles. The van der Waals surface area contributed by atoms with Gasteiger partial charge in [-0.15, -0.1) is 0 Å². The fraction of sp³-hybridized carbons (Fsp3) is 0.308. The predicted octanol–water partition coefficient (Wildman–Crippen LogP) is 1.56. The van der Waals surface area contributed by atoms with Crippen molar-refractivity contribution in [3.8, 4) is 0 Å². The smallest absolute Gasteiger partial charge is 0.258 e. The lowest BCUT2D eigenvalue weighted by atomic mass is 10.1. The van der Waals surface area contributed by atoms with Crippen molar-refractivity contribution in [2.75, 3.05) is 5.32 Å². The van der Waals surface area contributed by atoms with E-state index in [1.54, 1.807) is 29.2 Å². The number of nitrogens with zero attached hydrogens (tertiary/aromatic N) is 3. The largest absolute Gasteiger partial charge is 0.320 e. The molecule has 2 aromatic heterocycles. The minimum Gasteiger partial charge on any atom is -0.320 e. The maximum Gasteiger partial charge on any atom is 0.258 e. The van der Waals surface area contributed by atoms with Crippen molar-refractivity contribution in [3.63, 3.8) is 0 Å². The first-order valence-corrected chi connectivity index (χ1v) is 6.01. The lowest BCUT2D eigenvalue weighted by Gasteiger charge is -2.08. The van der Waals surface area contributed by atoms with E-state index in [1.165, 1.54) is 0 Å². The number of carbonyl (C=O) groups excluding carboxylic acids is 1. The van der Waals surface area contributed by atoms with Crippen molar-refractivity contribution in [2.24, 2.45) is 7.05 Å². The first kappa shape index (κ1) is 11.0. The van der Waals surface area contributed by atoms with E-state index in [1.807, 2.05) is 7.05 Å². The molecule has 0 aromatic carbocycles. The molecule has 1 aliphatic carbocycles. The Labute approximate surface area is 105 Å². The van der Waals surface area contributed by atoms with Gasteiger partial charge in [-0.3, -0.25) is 15.1 Å². The minimum absolute atomic E-state index is 0.107. The molecule has 5 heteroatoms. The molecule has 1 N–H and O–H groups in total. The van der Waals surface area contributed by atoms with Gasteiger partial charge in [0, 0.05) is 36.9 Å². The van der Waals surface area contributed by atoms with Gasteiger partial charge < -0.3 is 4.57 Å². The number of amides is 1. The summed E-state index contributed by atoms with van der Waals surface area (Å²) in [5, 5.41) is 2.82. The molecule has 5 nitrogen and oxygen atoms in total. The van der Waals surface area contributed by atoms with Gasteiger partial charge in [0.1, 0.15) is 0 Å². The molecule has 1 aliphatic rings. The Kier molecular flexibility index (Phi) is 2.59. The highest BCUT2D eigenvalue weighted by molar-refractivity contribution is 6.04. The monoisotopic (exact) mass is 242 g/mol. The van der Waals surface area contributed by atoms with Gasteiger partial charge in [0.05, 0.1) is 0 Å². The van der Waals surface area contributed by atoms with Gasteiger partial charge in [0.2, 0.25) is 5.95 Å². The van der Waals surface area contributed by atoms with E-state index in [0.717, 1.165) is 36.1 Å². The number of rotatable bonds is 2. The fourth-order valence-corrected chi connectivity index (χ4v) is 2.33. The first-order chi connectivity index (χ1) is 8.75. The average Bonchev–Trinajstić information content (AvgIpc) is 2.98. The third kappa shape index (κ3) is 1.77. The SMILES string of the molecule is Cn1ccnc1NC(=O)c1ccnc2c1CCC2. The molecule has 0 bridgehead atoms. The number of hydrogen-bond donors (Lipinski definition) is 1. The van der Waals surface area contributed by atoms with Gasteiger partial charge in [0.25, 0.3) is 5.91 Å². The van der Waals surface area contributed by atoms with Gasteiger partial charge in [-0.1, -0.05) is 0 Å². The second-order valence-electron chi connectivity index (χ2n) is 4.45. The van der Waals surface area contributed by atoms with Gasteiger partial charge in [0.15, 0.2) is 0 Å². The van der Waals surface area contributed by atoms with E-state index in [-0.39, 0.29) is 5.91 Å². The minimum atomic E-state index is -0.107. The second-order valence-corrected chi connectivity index (χ2v) is 4.45. The molecule has 1 amide bonds. The number of carbonyl (C=O) groups is 1. The molecular weight excluding hydrogens is 228 g/mol. The third-order valence-electron chi connectivity index (χ3n) is 3.28. The lowest BCUT2D eigenvalue weighted by molar-refractivity contribution is 0.102. The number of hydrogen-bond acceptors (Lipinski definition) is 3. The fourth-order valence-electron chi connectivity index (χ4n) is 2.33. The molecule has 18 heavy (non-hydrogen) atoms. The maximum atomic E-state index is 12.2. The number of aryl methyl sites for hydroxylation is 2. The predicted molar refractivity (Wildman–Crippen MR) is 67.4 cm³/mol. The molecule has 0 unspecified atom stereocenters. The molecule has 0 radical (unpaired) electrons. The Balaban J connectivity index is 1.90. The van der Waals surface area contributed by atoms with Crippen LogP contribution in [0, 0.1) is 0 Å². The summed E-state index contributed by atoms with van der Waals surface area (Å²) in [5.74, 6) is 0.452. The van der Waals surface area contributed by atoms with Gasteiger partial charge in [-0.05, 0) is 30.9 Å². The van der Waals surface area contributed by atoms with E-state index < -0.39 is 0 Å².